The molecule has 192 valence electrons. The Morgan fingerprint density at radius 3 is 0.649 bits per heavy atom. The standard InChI is InChI=1S/3C10H12O2.In/c3*1-6-4-9(10(11)12)5-7(2)8(6)3;/h3*4-5H,1-3H3,(H,11,12);/q;;;+3/p-3. The van der Waals surface area contributed by atoms with Crippen molar-refractivity contribution in [3.05, 3.63) is 103 Å². The molecule has 3 rings (SSSR count). The molecule has 0 aliphatic rings. The molecule has 0 aliphatic heterocycles. The molecule has 6 nitrogen and oxygen atoms in total. The normalized spacial score (nSPS) is 9.65. The summed E-state index contributed by atoms with van der Waals surface area (Å²) in [5.74, 6) is -3.33. The van der Waals surface area contributed by atoms with Crippen LogP contribution in [0.5, 0.6) is 0 Å². The van der Waals surface area contributed by atoms with Crippen molar-refractivity contribution in [3.8, 4) is 0 Å². The summed E-state index contributed by atoms with van der Waals surface area (Å²) in [5, 5.41) is 31.5. The molecule has 0 aromatic heterocycles. The van der Waals surface area contributed by atoms with E-state index in [9.17, 15) is 29.7 Å². The number of aromatic carboxylic acids is 3. The summed E-state index contributed by atoms with van der Waals surface area (Å²) in [6, 6.07) is 9.82. The van der Waals surface area contributed by atoms with E-state index in [1.54, 1.807) is 36.4 Å². The van der Waals surface area contributed by atoms with Gasteiger partial charge < -0.3 is 29.7 Å². The fourth-order valence-electron chi connectivity index (χ4n) is 3.46. The van der Waals surface area contributed by atoms with E-state index < -0.39 is 17.9 Å². The molecule has 0 bridgehead atoms. The maximum absolute atomic E-state index is 10.5. The summed E-state index contributed by atoms with van der Waals surface area (Å²) < 4.78 is 0. The Kier molecular flexibility index (Phi) is 13.4. The topological polar surface area (TPSA) is 120 Å². The monoisotopic (exact) mass is 604 g/mol. The van der Waals surface area contributed by atoms with Crippen molar-refractivity contribution in [2.75, 3.05) is 0 Å². The fraction of sp³-hybridized carbons (Fsp3) is 0.300. The largest absolute Gasteiger partial charge is 3.00 e. The van der Waals surface area contributed by atoms with Gasteiger partial charge in [0.25, 0.3) is 0 Å². The molecule has 37 heavy (non-hydrogen) atoms. The smallest absolute Gasteiger partial charge is 0.545 e. The predicted octanol–water partition coefficient (Wildman–Crippen LogP) is 2.55. The van der Waals surface area contributed by atoms with Crippen LogP contribution in [-0.2, 0) is 0 Å². The summed E-state index contributed by atoms with van der Waals surface area (Å²) >= 11 is 0. The van der Waals surface area contributed by atoms with Gasteiger partial charge in [-0.3, -0.25) is 0 Å². The number of carboxylic acid groups (broad SMARTS) is 3. The first-order valence-electron chi connectivity index (χ1n) is 11.4. The molecule has 0 aliphatic carbocycles. The van der Waals surface area contributed by atoms with Crippen LogP contribution in [0.25, 0.3) is 0 Å². The number of rotatable bonds is 3. The van der Waals surface area contributed by atoms with Gasteiger partial charge in [0.1, 0.15) is 0 Å². The molecule has 3 aromatic rings. The zero-order chi connectivity index (χ0) is 27.9. The van der Waals surface area contributed by atoms with Crippen LogP contribution >= 0.6 is 0 Å². The van der Waals surface area contributed by atoms with Gasteiger partial charge in [-0.2, -0.15) is 0 Å². The molecule has 0 spiro atoms. The number of benzene rings is 3. The minimum absolute atomic E-state index is 0. The number of carboxylic acids is 3. The van der Waals surface area contributed by atoms with Crippen LogP contribution in [0.2, 0.25) is 0 Å². The third-order valence-corrected chi connectivity index (χ3v) is 6.49. The van der Waals surface area contributed by atoms with Crippen molar-refractivity contribution < 1.29 is 29.7 Å². The Labute approximate surface area is 238 Å². The van der Waals surface area contributed by atoms with E-state index in [4.69, 9.17) is 0 Å². The van der Waals surface area contributed by atoms with Gasteiger partial charge in [0.15, 0.2) is 0 Å². The molecule has 0 atom stereocenters. The van der Waals surface area contributed by atoms with E-state index in [-0.39, 0.29) is 42.5 Å². The van der Waals surface area contributed by atoms with E-state index in [2.05, 4.69) is 0 Å². The predicted molar refractivity (Wildman–Crippen MR) is 141 cm³/mol. The van der Waals surface area contributed by atoms with Crippen LogP contribution in [0.4, 0.5) is 0 Å². The second kappa shape index (κ2) is 14.6. The van der Waals surface area contributed by atoms with Gasteiger partial charge in [-0.15, -0.1) is 0 Å². The van der Waals surface area contributed by atoms with Gasteiger partial charge in [-0.1, -0.05) is 0 Å². The van der Waals surface area contributed by atoms with Crippen LogP contribution in [0.15, 0.2) is 36.4 Å². The van der Waals surface area contributed by atoms with Crippen molar-refractivity contribution in [1.82, 2.24) is 0 Å². The SMILES string of the molecule is Cc1cc(C(=O)[O-])cc(C)c1C.Cc1cc(C(=O)[O-])cc(C)c1C.Cc1cc(C(=O)[O-])cc(C)c1C.[In+3]. The van der Waals surface area contributed by atoms with Gasteiger partial charge in [-0.05, 0) is 165 Å². The van der Waals surface area contributed by atoms with Crippen LogP contribution in [-0.4, -0.2) is 43.8 Å². The summed E-state index contributed by atoms with van der Waals surface area (Å²) in [6.45, 7) is 17.3. The number of hydrogen-bond acceptors (Lipinski definition) is 6. The van der Waals surface area contributed by atoms with Crippen LogP contribution in [0.3, 0.4) is 0 Å². The number of hydrogen-bond donors (Lipinski definition) is 0. The quantitative estimate of drug-likeness (QED) is 0.454. The van der Waals surface area contributed by atoms with Gasteiger partial charge >= 0.3 is 25.8 Å². The first-order valence-corrected chi connectivity index (χ1v) is 11.4. The Balaban J connectivity index is 0.000000518. The summed E-state index contributed by atoms with van der Waals surface area (Å²) in [7, 11) is 0. The minimum atomic E-state index is -1.11. The third-order valence-electron chi connectivity index (χ3n) is 6.49. The average Bonchev–Trinajstić information content (AvgIpc) is 2.79. The van der Waals surface area contributed by atoms with E-state index in [0.717, 1.165) is 50.1 Å². The second-order valence-corrected chi connectivity index (χ2v) is 9.07. The van der Waals surface area contributed by atoms with Crippen molar-refractivity contribution >= 4 is 43.8 Å². The number of carbonyl (C=O) groups is 3. The van der Waals surface area contributed by atoms with Gasteiger partial charge in [0.05, 0.1) is 17.9 Å². The molecular weight excluding hydrogens is 571 g/mol. The number of carbonyl (C=O) groups excluding carboxylic acids is 3. The van der Waals surface area contributed by atoms with Gasteiger partial charge in [0, 0.05) is 0 Å². The van der Waals surface area contributed by atoms with Crippen molar-refractivity contribution in [2.24, 2.45) is 0 Å². The van der Waals surface area contributed by atoms with Crippen LogP contribution in [0.1, 0.15) is 81.1 Å². The average molecular weight is 604 g/mol. The minimum Gasteiger partial charge on any atom is -0.545 e. The molecule has 0 fully saturated rings. The summed E-state index contributed by atoms with van der Waals surface area (Å²) in [4.78, 5) is 31.5. The van der Waals surface area contributed by atoms with Gasteiger partial charge in [0.2, 0.25) is 0 Å². The molecule has 0 amide bonds. The molecule has 0 unspecified atom stereocenters. The first-order chi connectivity index (χ1) is 16.6. The molecule has 0 radical (unpaired) electrons. The zero-order valence-electron chi connectivity index (χ0n) is 23.0. The van der Waals surface area contributed by atoms with Gasteiger partial charge in [-0.25, -0.2) is 0 Å². The fourth-order valence-corrected chi connectivity index (χ4v) is 3.46. The molecule has 0 heterocycles. The third kappa shape index (κ3) is 9.73. The molecule has 7 heteroatoms. The van der Waals surface area contributed by atoms with E-state index in [1.807, 2.05) is 62.3 Å². The van der Waals surface area contributed by atoms with E-state index in [0.29, 0.717) is 0 Å². The molecular formula is C30H33InO6. The summed E-state index contributed by atoms with van der Waals surface area (Å²) in [5.41, 5.74) is 10.2. The molecule has 0 saturated carbocycles. The maximum atomic E-state index is 10.5. The molecule has 3 aromatic carbocycles. The van der Waals surface area contributed by atoms with Crippen molar-refractivity contribution in [2.45, 2.75) is 62.3 Å². The van der Waals surface area contributed by atoms with E-state index in [1.165, 1.54) is 0 Å². The van der Waals surface area contributed by atoms with Crippen molar-refractivity contribution in [3.63, 3.8) is 0 Å². The van der Waals surface area contributed by atoms with Crippen molar-refractivity contribution in [1.29, 1.82) is 0 Å². The Hall–Kier alpha value is -3.06. The van der Waals surface area contributed by atoms with E-state index >= 15 is 0 Å². The Bertz CT molecular complexity index is 1080. The maximum Gasteiger partial charge on any atom is 3.00 e. The molecule has 0 saturated heterocycles. The second-order valence-electron chi connectivity index (χ2n) is 9.07. The summed E-state index contributed by atoms with van der Waals surface area (Å²) in [6.07, 6.45) is 0. The first kappa shape index (κ1) is 33.9. The van der Waals surface area contributed by atoms with Crippen LogP contribution in [0, 0.1) is 62.3 Å². The Morgan fingerprint density at radius 2 is 0.541 bits per heavy atom. The Morgan fingerprint density at radius 1 is 0.405 bits per heavy atom. The van der Waals surface area contributed by atoms with Crippen LogP contribution < -0.4 is 15.3 Å². The molecule has 0 N–H and O–H groups in total. The number of aryl methyl sites for hydroxylation is 6. The zero-order valence-corrected chi connectivity index (χ0v) is 26.3.